The molecule has 0 bridgehead atoms. The van der Waals surface area contributed by atoms with E-state index in [-0.39, 0.29) is 48.5 Å². The van der Waals surface area contributed by atoms with E-state index in [0.29, 0.717) is 9.99 Å². The largest absolute Gasteiger partial charge is 0.384 e. The number of β-amino-alcohol motifs (C(OH)–C–C–N with tert-alkyl or cyclic N) is 1. The number of anilines is 1. The van der Waals surface area contributed by atoms with Crippen molar-refractivity contribution in [2.24, 2.45) is 0 Å². The fraction of sp³-hybridized carbons (Fsp3) is 0.259. The van der Waals surface area contributed by atoms with Gasteiger partial charge in [0.2, 0.25) is 0 Å². The number of amides is 1. The monoisotopic (exact) mass is 608 g/mol. The summed E-state index contributed by atoms with van der Waals surface area (Å²) in [6.45, 7) is 1.69. The number of Topliss-reactive ketones (excluding diaryl/α,β-unsaturated/α-hetero) is 1. The van der Waals surface area contributed by atoms with Crippen LogP contribution in [0.4, 0.5) is 18.9 Å². The predicted molar refractivity (Wildman–Crippen MR) is 138 cm³/mol. The lowest BCUT2D eigenvalue weighted by Crippen LogP contribution is -2.66. The van der Waals surface area contributed by atoms with Gasteiger partial charge in [0.25, 0.3) is 5.91 Å². The maximum atomic E-state index is 14.7. The molecule has 9 heteroatoms. The Morgan fingerprint density at radius 1 is 1.03 bits per heavy atom. The number of likely N-dealkylation sites (tertiary alicyclic amines) is 1. The molecule has 3 aromatic carbocycles. The first-order chi connectivity index (χ1) is 17.0. The van der Waals surface area contributed by atoms with Gasteiger partial charge in [0, 0.05) is 39.8 Å². The molecule has 0 radical (unpaired) electrons. The van der Waals surface area contributed by atoms with Crippen molar-refractivity contribution in [3.05, 3.63) is 97.9 Å². The summed E-state index contributed by atoms with van der Waals surface area (Å²) in [5.74, 6) is -3.37. The third-order valence-electron chi connectivity index (χ3n) is 6.09. The van der Waals surface area contributed by atoms with Crippen LogP contribution in [0.5, 0.6) is 0 Å². The van der Waals surface area contributed by atoms with Gasteiger partial charge in [-0.1, -0.05) is 18.2 Å². The minimum absolute atomic E-state index is 0.00240. The summed E-state index contributed by atoms with van der Waals surface area (Å²) in [5.41, 5.74) is 0.298. The number of nitrogens with zero attached hydrogens (tertiary/aromatic N) is 1. The molecule has 1 heterocycles. The fourth-order valence-corrected chi connectivity index (χ4v) is 4.66. The number of rotatable bonds is 8. The maximum Gasteiger partial charge on any atom is 0.254 e. The summed E-state index contributed by atoms with van der Waals surface area (Å²) in [5, 5.41) is 13.9. The zero-order chi connectivity index (χ0) is 26.0. The molecule has 1 aliphatic rings. The molecular weight excluding hydrogens is 584 g/mol. The van der Waals surface area contributed by atoms with Gasteiger partial charge in [-0.2, -0.15) is 0 Å². The van der Waals surface area contributed by atoms with Crippen molar-refractivity contribution in [2.75, 3.05) is 25.0 Å². The minimum atomic E-state index is -1.20. The van der Waals surface area contributed by atoms with E-state index in [1.54, 1.807) is 18.2 Å². The Hall–Kier alpha value is -2.92. The van der Waals surface area contributed by atoms with Gasteiger partial charge in [0.15, 0.2) is 11.6 Å². The molecule has 0 atom stereocenters. The van der Waals surface area contributed by atoms with E-state index >= 15 is 0 Å². The molecule has 5 nitrogen and oxygen atoms in total. The molecule has 0 saturated carbocycles. The highest BCUT2D eigenvalue weighted by Crippen LogP contribution is 2.28. The average molecular weight is 608 g/mol. The topological polar surface area (TPSA) is 69.6 Å². The van der Waals surface area contributed by atoms with Gasteiger partial charge in [-0.05, 0) is 77.0 Å². The van der Waals surface area contributed by atoms with Gasteiger partial charge >= 0.3 is 0 Å². The number of halogens is 4. The van der Waals surface area contributed by atoms with Crippen molar-refractivity contribution in [2.45, 2.75) is 25.4 Å². The van der Waals surface area contributed by atoms with Crippen LogP contribution in [0, 0.1) is 21.0 Å². The number of hydrogen-bond acceptors (Lipinski definition) is 4. The first-order valence-electron chi connectivity index (χ1n) is 11.3. The van der Waals surface area contributed by atoms with E-state index in [1.807, 2.05) is 34.7 Å². The summed E-state index contributed by atoms with van der Waals surface area (Å²) in [6.07, 6.45) is 0.0657. The molecular formula is C27H24F3IN2O3. The Morgan fingerprint density at radius 3 is 2.36 bits per heavy atom. The lowest BCUT2D eigenvalue weighted by Gasteiger charge is -2.46. The predicted octanol–water partition coefficient (Wildman–Crippen LogP) is 4.73. The quantitative estimate of drug-likeness (QED) is 0.363. The fourth-order valence-electron chi connectivity index (χ4n) is 4.21. The first-order valence-corrected chi connectivity index (χ1v) is 12.4. The lowest BCUT2D eigenvalue weighted by atomic mass is 9.91. The molecule has 3 aromatic rings. The molecule has 0 spiro atoms. The molecule has 1 amide bonds. The molecule has 1 fully saturated rings. The van der Waals surface area contributed by atoms with E-state index in [2.05, 4.69) is 5.32 Å². The molecule has 1 saturated heterocycles. The van der Waals surface area contributed by atoms with Gasteiger partial charge in [-0.25, -0.2) is 13.2 Å². The van der Waals surface area contributed by atoms with Crippen LogP contribution in [0.15, 0.2) is 54.6 Å². The number of carbonyl (C=O) groups excluding carboxylic acids is 2. The Kier molecular flexibility index (Phi) is 7.70. The minimum Gasteiger partial charge on any atom is -0.384 e. The van der Waals surface area contributed by atoms with Gasteiger partial charge in [0.05, 0.1) is 13.1 Å². The highest BCUT2D eigenvalue weighted by Gasteiger charge is 2.44. The molecule has 2 N–H and O–H groups in total. The summed E-state index contributed by atoms with van der Waals surface area (Å²) in [7, 11) is 0. The van der Waals surface area contributed by atoms with Crippen molar-refractivity contribution in [3.8, 4) is 0 Å². The Bertz CT molecular complexity index is 1310. The van der Waals surface area contributed by atoms with Crippen molar-refractivity contribution in [1.29, 1.82) is 0 Å². The van der Waals surface area contributed by atoms with Crippen molar-refractivity contribution >= 4 is 40.0 Å². The van der Waals surface area contributed by atoms with Gasteiger partial charge in [-0.3, -0.25) is 9.59 Å². The molecule has 0 unspecified atom stereocenters. The number of ketones is 1. The standard InChI is InChI=1S/C27H24F3IN2O3/c1-16(34)10-17-2-6-20(7-3-17)32-13-27(36)14-33(15-27)26(35)21-8-9-23(28)25(30)22(21)11-18-4-5-19(31)12-24(18)29/h2-9,12,32,36H,10-11,13-15H2,1H3. The Labute approximate surface area is 220 Å². The van der Waals surface area contributed by atoms with Crippen LogP contribution >= 0.6 is 22.6 Å². The van der Waals surface area contributed by atoms with Crippen LogP contribution in [0.2, 0.25) is 0 Å². The van der Waals surface area contributed by atoms with Crippen LogP contribution in [0.3, 0.4) is 0 Å². The maximum absolute atomic E-state index is 14.7. The SMILES string of the molecule is CC(=O)Cc1ccc(NCC2(O)CN(C(=O)c3ccc(F)c(F)c3Cc3ccc(I)cc3F)C2)cc1. The van der Waals surface area contributed by atoms with Crippen LogP contribution in [-0.4, -0.2) is 46.9 Å². The smallest absolute Gasteiger partial charge is 0.254 e. The zero-order valence-electron chi connectivity index (χ0n) is 19.5. The second-order valence-electron chi connectivity index (χ2n) is 9.11. The molecule has 0 aromatic heterocycles. The molecule has 188 valence electrons. The number of hydrogen-bond donors (Lipinski definition) is 2. The van der Waals surface area contributed by atoms with Gasteiger partial charge in [0.1, 0.15) is 17.2 Å². The Balaban J connectivity index is 1.43. The molecule has 1 aliphatic heterocycles. The number of nitrogens with one attached hydrogen (secondary N) is 1. The van der Waals surface area contributed by atoms with Crippen LogP contribution in [0.25, 0.3) is 0 Å². The van der Waals surface area contributed by atoms with Crippen molar-refractivity contribution in [3.63, 3.8) is 0 Å². The van der Waals surface area contributed by atoms with E-state index < -0.39 is 29.0 Å². The van der Waals surface area contributed by atoms with Gasteiger partial charge < -0.3 is 15.3 Å². The van der Waals surface area contributed by atoms with E-state index in [9.17, 15) is 27.9 Å². The second kappa shape index (κ2) is 10.6. The first kappa shape index (κ1) is 26.2. The highest BCUT2D eigenvalue weighted by atomic mass is 127. The number of carbonyl (C=O) groups is 2. The van der Waals surface area contributed by atoms with Crippen molar-refractivity contribution < 1.29 is 27.9 Å². The van der Waals surface area contributed by atoms with E-state index in [4.69, 9.17) is 0 Å². The van der Waals surface area contributed by atoms with Crippen LogP contribution in [0.1, 0.15) is 34.0 Å². The highest BCUT2D eigenvalue weighted by molar-refractivity contribution is 14.1. The van der Waals surface area contributed by atoms with Crippen molar-refractivity contribution in [1.82, 2.24) is 4.90 Å². The molecule has 4 rings (SSSR count). The molecule has 36 heavy (non-hydrogen) atoms. The summed E-state index contributed by atoms with van der Waals surface area (Å²) in [6, 6.07) is 13.7. The lowest BCUT2D eigenvalue weighted by molar-refractivity contribution is -0.116. The summed E-state index contributed by atoms with van der Waals surface area (Å²) >= 11 is 1.95. The molecule has 0 aliphatic carbocycles. The normalized spacial score (nSPS) is 14.3. The third kappa shape index (κ3) is 5.89. The second-order valence-corrected chi connectivity index (χ2v) is 10.4. The summed E-state index contributed by atoms with van der Waals surface area (Å²) < 4.78 is 43.7. The van der Waals surface area contributed by atoms with Gasteiger partial charge in [-0.15, -0.1) is 0 Å². The third-order valence-corrected chi connectivity index (χ3v) is 6.77. The average Bonchev–Trinajstić information content (AvgIpc) is 2.80. The van der Waals surface area contributed by atoms with E-state index in [1.165, 1.54) is 30.0 Å². The zero-order valence-corrected chi connectivity index (χ0v) is 21.6. The number of benzene rings is 3. The Morgan fingerprint density at radius 2 is 1.72 bits per heavy atom. The van der Waals surface area contributed by atoms with E-state index in [0.717, 1.165) is 17.3 Å². The van der Waals surface area contributed by atoms with Crippen LogP contribution in [-0.2, 0) is 17.6 Å². The number of aliphatic hydroxyl groups is 1. The van der Waals surface area contributed by atoms with Crippen LogP contribution < -0.4 is 5.32 Å². The summed E-state index contributed by atoms with van der Waals surface area (Å²) in [4.78, 5) is 25.7.